The van der Waals surface area contributed by atoms with E-state index in [1.54, 1.807) is 4.90 Å². The number of ether oxygens (including phenoxy) is 2. The lowest BCUT2D eigenvalue weighted by Gasteiger charge is -2.48. The van der Waals surface area contributed by atoms with E-state index in [1.165, 1.54) is 11.1 Å². The minimum atomic E-state index is -0.667. The van der Waals surface area contributed by atoms with Crippen molar-refractivity contribution in [2.45, 2.75) is 58.3 Å². The van der Waals surface area contributed by atoms with Gasteiger partial charge in [0.2, 0.25) is 0 Å². The summed E-state index contributed by atoms with van der Waals surface area (Å²) in [6.07, 6.45) is 0.315. The summed E-state index contributed by atoms with van der Waals surface area (Å²) in [7, 11) is 0. The Morgan fingerprint density at radius 1 is 0.852 bits per heavy atom. The Morgan fingerprint density at radius 3 is 2.13 bits per heavy atom. The van der Waals surface area contributed by atoms with Crippen LogP contribution in [0.4, 0.5) is 10.5 Å². The second-order valence-corrected chi connectivity index (χ2v) is 16.6. The third kappa shape index (κ3) is 7.32. The summed E-state index contributed by atoms with van der Waals surface area (Å²) in [5.41, 5.74) is 5.73. The number of carbonyl (C=O) groups is 2. The minimum Gasteiger partial charge on any atom is -0.478 e. The zero-order valence-corrected chi connectivity index (χ0v) is 32.3. The van der Waals surface area contributed by atoms with Gasteiger partial charge in [0.05, 0.1) is 16.8 Å². The Bertz CT molecular complexity index is 2110. The van der Waals surface area contributed by atoms with E-state index in [2.05, 4.69) is 103 Å². The molecule has 3 aliphatic heterocycles. The predicted octanol–water partition coefficient (Wildman–Crippen LogP) is 9.93. The van der Waals surface area contributed by atoms with Crippen molar-refractivity contribution < 1.29 is 19.1 Å². The summed E-state index contributed by atoms with van der Waals surface area (Å²) in [5.74, 6) is 0.846. The molecule has 1 unspecified atom stereocenters. The quantitative estimate of drug-likeness (QED) is 0.166. The van der Waals surface area contributed by atoms with Gasteiger partial charge in [-0.2, -0.15) is 0 Å². The molecule has 0 radical (unpaired) electrons. The highest BCUT2D eigenvalue weighted by molar-refractivity contribution is 6.34. The number of fused-ring (bicyclic) bond motifs is 2. The molecule has 278 valence electrons. The van der Waals surface area contributed by atoms with Gasteiger partial charge in [0.15, 0.2) is 6.10 Å². The molecule has 3 aliphatic rings. The number of nitrogens with zero attached hydrogens (tertiary/aromatic N) is 3. The Labute approximate surface area is 323 Å². The van der Waals surface area contributed by atoms with Crippen molar-refractivity contribution >= 4 is 40.1 Å². The van der Waals surface area contributed by atoms with Gasteiger partial charge in [0, 0.05) is 50.1 Å². The second kappa shape index (κ2) is 14.8. The fraction of sp³-hybridized carbons (Fsp3) is 0.348. The molecule has 0 saturated carbocycles. The van der Waals surface area contributed by atoms with Crippen molar-refractivity contribution in [2.24, 2.45) is 11.8 Å². The summed E-state index contributed by atoms with van der Waals surface area (Å²) in [6, 6.07) is 38.1. The topological polar surface area (TPSA) is 62.3 Å². The first kappa shape index (κ1) is 36.1. The van der Waals surface area contributed by atoms with Crippen LogP contribution in [0, 0.1) is 18.8 Å². The number of aryl methyl sites for hydroxylation is 1. The monoisotopic (exact) mass is 741 g/mol. The van der Waals surface area contributed by atoms with Crippen LogP contribution in [0.15, 0.2) is 109 Å². The summed E-state index contributed by atoms with van der Waals surface area (Å²) in [5, 5.41) is 2.84. The van der Waals surface area contributed by atoms with Crippen LogP contribution in [0.2, 0.25) is 5.02 Å². The van der Waals surface area contributed by atoms with Crippen molar-refractivity contribution in [1.29, 1.82) is 0 Å². The van der Waals surface area contributed by atoms with Crippen LogP contribution in [0.1, 0.15) is 56.3 Å². The van der Waals surface area contributed by atoms with Crippen LogP contribution in [0.5, 0.6) is 5.75 Å². The van der Waals surface area contributed by atoms with Crippen LogP contribution < -0.4 is 9.64 Å². The third-order valence-corrected chi connectivity index (χ3v) is 11.4. The zero-order valence-electron chi connectivity index (χ0n) is 31.5. The zero-order chi connectivity index (χ0) is 37.6. The number of piperidine rings is 1. The van der Waals surface area contributed by atoms with Gasteiger partial charge >= 0.3 is 6.09 Å². The van der Waals surface area contributed by atoms with Crippen molar-refractivity contribution in [2.75, 3.05) is 37.6 Å². The normalized spacial score (nSPS) is 18.4. The average Bonchev–Trinajstić information content (AvgIpc) is 3.14. The number of anilines is 1. The first-order valence-electron chi connectivity index (χ1n) is 19.2. The van der Waals surface area contributed by atoms with Gasteiger partial charge in [0.1, 0.15) is 11.4 Å². The fourth-order valence-electron chi connectivity index (χ4n) is 8.47. The summed E-state index contributed by atoms with van der Waals surface area (Å²) in [4.78, 5) is 33.7. The lowest BCUT2D eigenvalue weighted by atomic mass is 9.87. The van der Waals surface area contributed by atoms with Crippen molar-refractivity contribution in [1.82, 2.24) is 9.80 Å². The van der Waals surface area contributed by atoms with Crippen LogP contribution >= 0.6 is 11.6 Å². The van der Waals surface area contributed by atoms with Crippen molar-refractivity contribution in [3.8, 4) is 16.9 Å². The Kier molecular flexibility index (Phi) is 9.88. The number of carbonyl (C=O) groups excluding carboxylic acids is 2. The maximum Gasteiger partial charge on any atom is 0.410 e. The number of likely N-dealkylation sites (tertiary alicyclic amines) is 2. The molecule has 0 aromatic heterocycles. The van der Waals surface area contributed by atoms with E-state index >= 15 is 0 Å². The minimum absolute atomic E-state index is 0.0378. The highest BCUT2D eigenvalue weighted by Gasteiger charge is 2.44. The molecule has 2 amide bonds. The summed E-state index contributed by atoms with van der Waals surface area (Å²) in [6.45, 7) is 11.0. The fourth-order valence-corrected chi connectivity index (χ4v) is 8.73. The SMILES string of the molecule is Cc1cc(-c2cc3c(cc2Cl)N(CC2CN(C(c4ccccc4)c4ccccc4)C2)C(=O)C(C2CCN(C(=O)OC(C)(C)C)CC2)O3)c2ccccc2c1. The van der Waals surface area contributed by atoms with Gasteiger partial charge in [-0.15, -0.1) is 0 Å². The number of halogens is 1. The van der Waals surface area contributed by atoms with Crippen molar-refractivity contribution in [3.05, 3.63) is 131 Å². The van der Waals surface area contributed by atoms with Crippen molar-refractivity contribution in [3.63, 3.8) is 0 Å². The van der Waals surface area contributed by atoms with Gasteiger partial charge in [-0.3, -0.25) is 9.69 Å². The second-order valence-electron chi connectivity index (χ2n) is 16.2. The van der Waals surface area contributed by atoms with Gasteiger partial charge in [0.25, 0.3) is 5.91 Å². The van der Waals surface area contributed by atoms with Crippen LogP contribution in [0.3, 0.4) is 0 Å². The molecule has 8 rings (SSSR count). The number of rotatable bonds is 7. The van der Waals surface area contributed by atoms with E-state index in [-0.39, 0.29) is 29.9 Å². The van der Waals surface area contributed by atoms with Gasteiger partial charge < -0.3 is 19.3 Å². The average molecular weight is 742 g/mol. The molecule has 8 heteroatoms. The van der Waals surface area contributed by atoms with E-state index < -0.39 is 11.7 Å². The predicted molar refractivity (Wildman–Crippen MR) is 216 cm³/mol. The molecule has 3 heterocycles. The van der Waals surface area contributed by atoms with E-state index in [0.29, 0.717) is 48.9 Å². The van der Waals surface area contributed by atoms with E-state index in [0.717, 1.165) is 40.6 Å². The molecule has 0 N–H and O–H groups in total. The molecule has 0 aliphatic carbocycles. The largest absolute Gasteiger partial charge is 0.478 e. The lowest BCUT2D eigenvalue weighted by molar-refractivity contribution is -0.130. The molecule has 5 aromatic carbocycles. The molecule has 54 heavy (non-hydrogen) atoms. The highest BCUT2D eigenvalue weighted by Crippen LogP contribution is 2.46. The molecule has 2 fully saturated rings. The first-order valence-corrected chi connectivity index (χ1v) is 19.5. The smallest absolute Gasteiger partial charge is 0.410 e. The standard InChI is InChI=1S/C46H48ClN3O4/c1-30-23-35-17-11-12-18-36(35)37(24-30)38-25-41-40(26-39(38)47)50(44(51)43(53-41)34-19-21-48(22-20-34)45(52)54-46(2,3)4)29-31-27-49(28-31)42(32-13-7-5-8-14-32)33-15-9-6-10-16-33/h5-18,23-26,31,34,42-43H,19-22,27-29H2,1-4H3. The van der Waals surface area contributed by atoms with E-state index in [4.69, 9.17) is 21.1 Å². The Balaban J connectivity index is 1.09. The number of hydrogen-bond donors (Lipinski definition) is 0. The Hall–Kier alpha value is -4.85. The third-order valence-electron chi connectivity index (χ3n) is 11.0. The lowest BCUT2D eigenvalue weighted by Crippen LogP contribution is -2.57. The highest BCUT2D eigenvalue weighted by atomic mass is 35.5. The molecule has 0 bridgehead atoms. The first-order chi connectivity index (χ1) is 26.0. The molecule has 2 saturated heterocycles. The maximum absolute atomic E-state index is 14.6. The molecule has 5 aromatic rings. The van der Waals surface area contributed by atoms with Crippen LogP contribution in [-0.4, -0.2) is 66.2 Å². The van der Waals surface area contributed by atoms with E-state index in [9.17, 15) is 9.59 Å². The molecule has 0 spiro atoms. The maximum atomic E-state index is 14.6. The van der Waals surface area contributed by atoms with Crippen LogP contribution in [0.25, 0.3) is 21.9 Å². The van der Waals surface area contributed by atoms with Gasteiger partial charge in [-0.05, 0) is 85.7 Å². The summed E-state index contributed by atoms with van der Waals surface area (Å²) < 4.78 is 12.4. The summed E-state index contributed by atoms with van der Waals surface area (Å²) >= 11 is 7.17. The number of hydrogen-bond acceptors (Lipinski definition) is 5. The molecular weight excluding hydrogens is 694 g/mol. The number of benzene rings is 5. The Morgan fingerprint density at radius 2 is 1.48 bits per heavy atom. The van der Waals surface area contributed by atoms with Gasteiger partial charge in [-0.1, -0.05) is 109 Å². The van der Waals surface area contributed by atoms with E-state index in [1.807, 2.05) is 43.9 Å². The van der Waals surface area contributed by atoms with Crippen LogP contribution in [-0.2, 0) is 9.53 Å². The van der Waals surface area contributed by atoms with Gasteiger partial charge in [-0.25, -0.2) is 4.79 Å². The molecule has 1 atom stereocenters. The number of amides is 2. The molecular formula is C46H48ClN3O4. The molecule has 7 nitrogen and oxygen atoms in total.